The average Bonchev–Trinajstić information content (AvgIpc) is 2.65. The molecule has 0 atom stereocenters. The number of hydrogen-bond donors (Lipinski definition) is 0. The lowest BCUT2D eigenvalue weighted by atomic mass is 9.90. The molecular formula is C14H15BF2N4O5S. The maximum Gasteiger partial charge on any atom is 0.355 e. The molecule has 27 heavy (non-hydrogen) atoms. The first kappa shape index (κ1) is 20.5. The summed E-state index contributed by atoms with van der Waals surface area (Å²) >= 11 is 0. The van der Waals surface area contributed by atoms with E-state index in [1.807, 2.05) is 0 Å². The highest BCUT2D eigenvalue weighted by Gasteiger charge is 2.33. The Bertz CT molecular complexity index is 952. The highest BCUT2D eigenvalue weighted by Crippen LogP contribution is 2.25. The molecule has 0 aliphatic carbocycles. The van der Waals surface area contributed by atoms with Gasteiger partial charge in [-0.05, 0) is 6.07 Å². The standard InChI is InChI=1S/C14H15BF2N4O5S/c1-21(27(23,24)12(16)17)9-7(5-4-6-8(9)15)10(22)11-18-13(25-2)20-14(19-11)26-3/h4-6,12H,15H2,1-3H3. The third kappa shape index (κ3) is 3.97. The van der Waals surface area contributed by atoms with Gasteiger partial charge in [0.05, 0.1) is 19.9 Å². The van der Waals surface area contributed by atoms with Crippen LogP contribution in [-0.2, 0) is 10.0 Å². The van der Waals surface area contributed by atoms with Crippen molar-refractivity contribution in [2.24, 2.45) is 0 Å². The Morgan fingerprint density at radius 2 is 1.70 bits per heavy atom. The number of hydrogen-bond acceptors (Lipinski definition) is 8. The fraction of sp³-hybridized carbons (Fsp3) is 0.286. The lowest BCUT2D eigenvalue weighted by molar-refractivity contribution is 0.102. The molecule has 0 saturated heterocycles. The molecular weight excluding hydrogens is 385 g/mol. The van der Waals surface area contributed by atoms with Gasteiger partial charge in [-0.25, -0.2) is 8.42 Å². The molecule has 0 spiro atoms. The van der Waals surface area contributed by atoms with Crippen LogP contribution in [0.2, 0.25) is 0 Å². The van der Waals surface area contributed by atoms with Crippen molar-refractivity contribution in [2.75, 3.05) is 25.6 Å². The van der Waals surface area contributed by atoms with Gasteiger partial charge in [-0.3, -0.25) is 9.10 Å². The van der Waals surface area contributed by atoms with Crippen molar-refractivity contribution in [3.05, 3.63) is 29.6 Å². The monoisotopic (exact) mass is 400 g/mol. The largest absolute Gasteiger partial charge is 0.467 e. The van der Waals surface area contributed by atoms with E-state index in [0.717, 1.165) is 7.05 Å². The number of ketones is 1. The quantitative estimate of drug-likeness (QED) is 0.446. The maximum absolute atomic E-state index is 13.0. The van der Waals surface area contributed by atoms with E-state index in [-0.39, 0.29) is 23.3 Å². The van der Waals surface area contributed by atoms with E-state index >= 15 is 0 Å². The zero-order valence-corrected chi connectivity index (χ0v) is 15.6. The predicted octanol–water partition coefficient (Wildman–Crippen LogP) is -0.633. The Labute approximate surface area is 154 Å². The second kappa shape index (κ2) is 7.82. The van der Waals surface area contributed by atoms with Crippen molar-refractivity contribution in [2.45, 2.75) is 5.76 Å². The molecule has 0 N–H and O–H groups in total. The van der Waals surface area contributed by atoms with Crippen LogP contribution in [0.25, 0.3) is 0 Å². The minimum Gasteiger partial charge on any atom is -0.467 e. The molecule has 13 heteroatoms. The predicted molar refractivity (Wildman–Crippen MR) is 94.3 cm³/mol. The number of aromatic nitrogens is 3. The van der Waals surface area contributed by atoms with Gasteiger partial charge in [0, 0.05) is 12.6 Å². The highest BCUT2D eigenvalue weighted by atomic mass is 32.2. The minimum atomic E-state index is -4.97. The SMILES string of the molecule is Bc1cccc(C(=O)c2nc(OC)nc(OC)n2)c1N(C)S(=O)(=O)C(F)F. The van der Waals surface area contributed by atoms with E-state index in [4.69, 9.17) is 9.47 Å². The molecule has 9 nitrogen and oxygen atoms in total. The zero-order valence-electron chi connectivity index (χ0n) is 14.8. The van der Waals surface area contributed by atoms with Crippen LogP contribution < -0.4 is 19.2 Å². The topological polar surface area (TPSA) is 112 Å². The first-order valence-corrected chi connectivity index (χ1v) is 8.88. The lowest BCUT2D eigenvalue weighted by Gasteiger charge is -2.23. The molecule has 1 aromatic heterocycles. The number of anilines is 1. The Kier molecular flexibility index (Phi) is 5.93. The summed E-state index contributed by atoms with van der Waals surface area (Å²) in [6.45, 7) is 0. The molecule has 0 aliphatic rings. The molecule has 0 bridgehead atoms. The number of benzene rings is 1. The zero-order chi connectivity index (χ0) is 20.4. The average molecular weight is 400 g/mol. The Morgan fingerprint density at radius 1 is 1.15 bits per heavy atom. The number of rotatable bonds is 7. The van der Waals surface area contributed by atoms with Crippen molar-refractivity contribution >= 4 is 34.8 Å². The molecule has 0 radical (unpaired) electrons. The number of sulfonamides is 1. The van der Waals surface area contributed by atoms with Crippen LogP contribution >= 0.6 is 0 Å². The van der Waals surface area contributed by atoms with Gasteiger partial charge >= 0.3 is 17.8 Å². The van der Waals surface area contributed by atoms with Gasteiger partial charge in [0.25, 0.3) is 10.0 Å². The van der Waals surface area contributed by atoms with Crippen LogP contribution in [0.4, 0.5) is 14.5 Å². The summed E-state index contributed by atoms with van der Waals surface area (Å²) in [4.78, 5) is 24.3. The molecule has 0 aliphatic heterocycles. The van der Waals surface area contributed by atoms with Crippen LogP contribution in [0.15, 0.2) is 18.2 Å². The van der Waals surface area contributed by atoms with Crippen LogP contribution in [-0.4, -0.2) is 64.0 Å². The number of para-hydroxylation sites is 1. The van der Waals surface area contributed by atoms with Gasteiger partial charge in [0.15, 0.2) is 0 Å². The molecule has 144 valence electrons. The van der Waals surface area contributed by atoms with Crippen LogP contribution in [0.3, 0.4) is 0 Å². The smallest absolute Gasteiger partial charge is 0.355 e. The van der Waals surface area contributed by atoms with E-state index in [0.29, 0.717) is 9.77 Å². The second-order valence-corrected chi connectivity index (χ2v) is 7.14. The van der Waals surface area contributed by atoms with Crippen LogP contribution in [0.1, 0.15) is 16.2 Å². The van der Waals surface area contributed by atoms with Gasteiger partial charge in [0.2, 0.25) is 11.6 Å². The van der Waals surface area contributed by atoms with Crippen molar-refractivity contribution in [3.8, 4) is 12.0 Å². The molecule has 0 fully saturated rings. The summed E-state index contributed by atoms with van der Waals surface area (Å²) in [6, 6.07) is 3.84. The molecule has 0 unspecified atom stereocenters. The number of methoxy groups -OCH3 is 2. The third-order valence-electron chi connectivity index (χ3n) is 3.57. The first-order valence-electron chi connectivity index (χ1n) is 7.37. The molecule has 1 heterocycles. The van der Waals surface area contributed by atoms with Crippen molar-refractivity contribution in [3.63, 3.8) is 0 Å². The highest BCUT2D eigenvalue weighted by molar-refractivity contribution is 7.93. The Morgan fingerprint density at radius 3 is 2.19 bits per heavy atom. The second-order valence-electron chi connectivity index (χ2n) is 5.21. The van der Waals surface area contributed by atoms with Crippen molar-refractivity contribution in [1.29, 1.82) is 0 Å². The van der Waals surface area contributed by atoms with Gasteiger partial charge in [0.1, 0.15) is 7.85 Å². The summed E-state index contributed by atoms with van der Waals surface area (Å²) in [5.41, 5.74) is -0.0984. The molecule has 2 rings (SSSR count). The van der Waals surface area contributed by atoms with Crippen molar-refractivity contribution in [1.82, 2.24) is 15.0 Å². The maximum atomic E-state index is 13.0. The van der Waals surface area contributed by atoms with E-state index in [1.165, 1.54) is 40.3 Å². The fourth-order valence-corrected chi connectivity index (χ4v) is 2.99. The van der Waals surface area contributed by atoms with Crippen LogP contribution in [0, 0.1) is 0 Å². The first-order chi connectivity index (χ1) is 12.6. The fourth-order valence-electron chi connectivity index (χ4n) is 2.25. The number of carbonyl (C=O) groups excluding carboxylic acids is 1. The number of carbonyl (C=O) groups is 1. The van der Waals surface area contributed by atoms with E-state index < -0.39 is 27.4 Å². The van der Waals surface area contributed by atoms with Gasteiger partial charge < -0.3 is 9.47 Å². The minimum absolute atomic E-state index is 0.183. The number of alkyl halides is 2. The van der Waals surface area contributed by atoms with Crippen molar-refractivity contribution < 1.29 is 31.5 Å². The number of nitrogens with zero attached hydrogens (tertiary/aromatic N) is 4. The Hall–Kier alpha value is -2.83. The van der Waals surface area contributed by atoms with Crippen LogP contribution in [0.5, 0.6) is 12.0 Å². The molecule has 0 amide bonds. The summed E-state index contributed by atoms with van der Waals surface area (Å²) < 4.78 is 59.8. The van der Waals surface area contributed by atoms with E-state index in [1.54, 1.807) is 0 Å². The molecule has 2 aromatic rings. The Balaban J connectivity index is 2.64. The summed E-state index contributed by atoms with van der Waals surface area (Å²) in [7, 11) is -0.0112. The van der Waals surface area contributed by atoms with E-state index in [2.05, 4.69) is 15.0 Å². The molecule has 0 saturated carbocycles. The van der Waals surface area contributed by atoms with E-state index in [9.17, 15) is 22.0 Å². The van der Waals surface area contributed by atoms with Gasteiger partial charge in [-0.15, -0.1) is 4.98 Å². The number of ether oxygens (including phenoxy) is 2. The number of halogens is 2. The summed E-state index contributed by atoms with van der Waals surface area (Å²) in [6.07, 6.45) is 0. The van der Waals surface area contributed by atoms with Gasteiger partial charge in [-0.1, -0.05) is 17.6 Å². The summed E-state index contributed by atoms with van der Waals surface area (Å²) in [5.74, 6) is -4.86. The lowest BCUT2D eigenvalue weighted by Crippen LogP contribution is -2.36. The normalized spacial score (nSPS) is 11.3. The molecule has 1 aromatic carbocycles. The summed E-state index contributed by atoms with van der Waals surface area (Å²) in [5, 5.41) is 0. The third-order valence-corrected chi connectivity index (χ3v) is 4.96. The van der Waals surface area contributed by atoms with Gasteiger partial charge in [-0.2, -0.15) is 18.7 Å².